The Labute approximate surface area is 278 Å². The largest absolute Gasteiger partial charge is 0.353 e. The molecule has 48 heavy (non-hydrogen) atoms. The number of fused-ring (bicyclic) bond motifs is 10. The molecule has 0 aliphatic carbocycles. The second-order valence-electron chi connectivity index (χ2n) is 12.0. The average molecular weight is 615 g/mol. The van der Waals surface area contributed by atoms with Gasteiger partial charge in [0.15, 0.2) is 0 Å². The Morgan fingerprint density at radius 3 is 0.917 bits per heavy atom. The molecular weight excluding hydrogens is 585 g/mol. The van der Waals surface area contributed by atoms with E-state index < -0.39 is 0 Å². The summed E-state index contributed by atoms with van der Waals surface area (Å²) in [5.41, 5.74) is 16.2. The summed E-state index contributed by atoms with van der Waals surface area (Å²) in [5, 5.41) is 0. The lowest BCUT2D eigenvalue weighted by molar-refractivity contribution is 1.31. The van der Waals surface area contributed by atoms with Crippen LogP contribution in [0.25, 0.3) is 90.9 Å². The molecule has 8 bridgehead atoms. The van der Waals surface area contributed by atoms with E-state index >= 15 is 0 Å². The molecule has 0 saturated carbocycles. The van der Waals surface area contributed by atoms with E-state index in [0.717, 1.165) is 89.4 Å². The lowest BCUT2D eigenvalue weighted by Crippen LogP contribution is -1.91. The highest BCUT2D eigenvalue weighted by Gasteiger charge is 2.19. The number of nitrogens with one attached hydrogen (secondary N) is 2. The fourth-order valence-electron chi connectivity index (χ4n) is 6.81. The zero-order chi connectivity index (χ0) is 31.9. The molecule has 5 heterocycles. The highest BCUT2D eigenvalue weighted by atomic mass is 14.8. The van der Waals surface area contributed by atoms with Crippen molar-refractivity contribution in [2.75, 3.05) is 0 Å². The van der Waals surface area contributed by atoms with Crippen LogP contribution in [0.3, 0.4) is 0 Å². The van der Waals surface area contributed by atoms with Crippen molar-refractivity contribution in [2.24, 2.45) is 0 Å². The molecule has 7 aromatic rings. The quantitative estimate of drug-likeness (QED) is 0.207. The van der Waals surface area contributed by atoms with Crippen molar-refractivity contribution in [3.05, 3.63) is 168 Å². The van der Waals surface area contributed by atoms with Crippen molar-refractivity contribution in [3.63, 3.8) is 0 Å². The Bertz CT molecular complexity index is 2340. The van der Waals surface area contributed by atoms with E-state index in [-0.39, 0.29) is 0 Å². The molecule has 4 aromatic carbocycles. The Morgan fingerprint density at radius 2 is 0.562 bits per heavy atom. The van der Waals surface area contributed by atoms with Crippen LogP contribution in [0.5, 0.6) is 0 Å². The maximum absolute atomic E-state index is 5.30. The molecule has 226 valence electrons. The van der Waals surface area contributed by atoms with E-state index in [4.69, 9.17) is 9.97 Å². The molecule has 2 aliphatic heterocycles. The molecule has 4 nitrogen and oxygen atoms in total. The Kier molecular flexibility index (Phi) is 6.76. The predicted molar refractivity (Wildman–Crippen MR) is 201 cm³/mol. The molecule has 3 aromatic heterocycles. The maximum Gasteiger partial charge on any atom is 0.0872 e. The number of H-pyrrole nitrogens is 2. The predicted octanol–water partition coefficient (Wildman–Crippen LogP) is 11.3. The zero-order valence-corrected chi connectivity index (χ0v) is 26.1. The molecule has 0 radical (unpaired) electrons. The van der Waals surface area contributed by atoms with Gasteiger partial charge in [0.25, 0.3) is 0 Å². The van der Waals surface area contributed by atoms with Gasteiger partial charge in [-0.3, -0.25) is 0 Å². The smallest absolute Gasteiger partial charge is 0.0872 e. The van der Waals surface area contributed by atoms with Crippen LogP contribution in [-0.4, -0.2) is 19.9 Å². The molecule has 0 saturated heterocycles. The third-order valence-corrected chi connectivity index (χ3v) is 9.00. The summed E-state index contributed by atoms with van der Waals surface area (Å²) in [5.74, 6) is 0. The van der Waals surface area contributed by atoms with Crippen LogP contribution < -0.4 is 0 Å². The summed E-state index contributed by atoms with van der Waals surface area (Å²) in [6, 6.07) is 50.8. The van der Waals surface area contributed by atoms with Crippen molar-refractivity contribution in [3.8, 4) is 44.5 Å². The lowest BCUT2D eigenvalue weighted by atomic mass is 9.94. The second-order valence-corrected chi connectivity index (χ2v) is 12.0. The van der Waals surface area contributed by atoms with Crippen LogP contribution in [0.4, 0.5) is 0 Å². The molecule has 9 rings (SSSR count). The molecule has 2 aliphatic rings. The van der Waals surface area contributed by atoms with Gasteiger partial charge >= 0.3 is 0 Å². The lowest BCUT2D eigenvalue weighted by Gasteiger charge is -2.12. The number of aromatic amines is 2. The van der Waals surface area contributed by atoms with Gasteiger partial charge in [-0.25, -0.2) is 9.97 Å². The zero-order valence-electron chi connectivity index (χ0n) is 26.1. The van der Waals surface area contributed by atoms with Gasteiger partial charge in [0.1, 0.15) is 0 Å². The Balaban J connectivity index is 1.49. The monoisotopic (exact) mass is 614 g/mol. The maximum atomic E-state index is 5.30. The average Bonchev–Trinajstić information content (AvgIpc) is 3.98. The van der Waals surface area contributed by atoms with E-state index in [0.29, 0.717) is 0 Å². The van der Waals surface area contributed by atoms with Crippen molar-refractivity contribution in [1.82, 2.24) is 19.9 Å². The third-order valence-electron chi connectivity index (χ3n) is 9.00. The van der Waals surface area contributed by atoms with Gasteiger partial charge in [-0.05, 0) is 70.8 Å². The minimum Gasteiger partial charge on any atom is -0.353 e. The van der Waals surface area contributed by atoms with Crippen molar-refractivity contribution in [2.45, 2.75) is 0 Å². The number of hydrogen-bond donors (Lipinski definition) is 2. The van der Waals surface area contributed by atoms with Gasteiger partial charge in [-0.1, -0.05) is 121 Å². The molecule has 0 unspecified atom stereocenters. The van der Waals surface area contributed by atoms with Crippen molar-refractivity contribution < 1.29 is 0 Å². The van der Waals surface area contributed by atoms with E-state index in [1.54, 1.807) is 0 Å². The number of aromatic nitrogens is 4. The second kappa shape index (κ2) is 11.7. The number of benzene rings is 4. The van der Waals surface area contributed by atoms with Crippen LogP contribution in [0, 0.1) is 0 Å². The number of hydrogen-bond acceptors (Lipinski definition) is 2. The summed E-state index contributed by atoms with van der Waals surface area (Å²) >= 11 is 0. The number of rotatable bonds is 4. The fraction of sp³-hybridized carbons (Fsp3) is 0. The van der Waals surface area contributed by atoms with Crippen molar-refractivity contribution in [1.29, 1.82) is 0 Å². The third kappa shape index (κ3) is 4.88. The molecule has 4 heteroatoms. The van der Waals surface area contributed by atoms with Crippen molar-refractivity contribution >= 4 is 46.4 Å². The fourth-order valence-corrected chi connectivity index (χ4v) is 6.81. The minimum atomic E-state index is 0.888. The summed E-state index contributed by atoms with van der Waals surface area (Å²) in [6.45, 7) is 0. The van der Waals surface area contributed by atoms with E-state index in [1.807, 2.05) is 0 Å². The first-order valence-corrected chi connectivity index (χ1v) is 16.2. The van der Waals surface area contributed by atoms with Gasteiger partial charge in [-0.2, -0.15) is 0 Å². The number of nitrogens with zero attached hydrogens (tertiary/aromatic N) is 2. The highest BCUT2D eigenvalue weighted by Crippen LogP contribution is 2.40. The molecule has 0 atom stereocenters. The van der Waals surface area contributed by atoms with Gasteiger partial charge in [0, 0.05) is 33.3 Å². The first-order chi connectivity index (χ1) is 23.8. The van der Waals surface area contributed by atoms with Crippen LogP contribution >= 0.6 is 0 Å². The minimum absolute atomic E-state index is 0.888. The van der Waals surface area contributed by atoms with Gasteiger partial charge in [0.05, 0.1) is 33.8 Å². The molecule has 0 amide bonds. The standard InChI is InChI=1S/C44H30N4/c1-5-13-29(14-6-1)41-37-25-21-33(45-37)34-23-27-39(47-34)43(31-17-9-3-10-18-31)44(32-19-11-4-12-20-32)40-28-24-36(48-40)35-22-26-38(46-35)42(41)30-15-7-2-8-16-30/h1-28,45,48H. The summed E-state index contributed by atoms with van der Waals surface area (Å²) in [7, 11) is 0. The SMILES string of the molecule is C1=Cc2nc1c(-c1ccccc1)c(-c1ccccc1)c1ccc([nH]1)c1nc(c(-c3ccccc3)c(-c3ccccc3)c3ccc2[nH]3)C=C1. The molecule has 0 spiro atoms. The topological polar surface area (TPSA) is 57.4 Å². The summed E-state index contributed by atoms with van der Waals surface area (Å²) in [6.07, 6.45) is 8.50. The van der Waals surface area contributed by atoms with E-state index in [2.05, 4.69) is 180 Å². The molecular formula is C44H30N4. The summed E-state index contributed by atoms with van der Waals surface area (Å²) < 4.78 is 0. The van der Waals surface area contributed by atoms with Gasteiger partial charge in [-0.15, -0.1) is 0 Å². The van der Waals surface area contributed by atoms with Crippen LogP contribution in [0.1, 0.15) is 22.8 Å². The first-order valence-electron chi connectivity index (χ1n) is 16.2. The van der Waals surface area contributed by atoms with Crippen LogP contribution in [-0.2, 0) is 0 Å². The Hall–Kier alpha value is -6.52. The van der Waals surface area contributed by atoms with Crippen LogP contribution in [0.15, 0.2) is 146 Å². The normalized spacial score (nSPS) is 12.0. The Morgan fingerprint density at radius 1 is 0.271 bits per heavy atom. The molecule has 0 fully saturated rings. The summed E-state index contributed by atoms with van der Waals surface area (Å²) in [4.78, 5) is 18.1. The molecule has 2 N–H and O–H groups in total. The van der Waals surface area contributed by atoms with Gasteiger partial charge in [0.2, 0.25) is 0 Å². The van der Waals surface area contributed by atoms with E-state index in [9.17, 15) is 0 Å². The van der Waals surface area contributed by atoms with Gasteiger partial charge < -0.3 is 9.97 Å². The van der Waals surface area contributed by atoms with Crippen LogP contribution in [0.2, 0.25) is 0 Å². The highest BCUT2D eigenvalue weighted by molar-refractivity contribution is 6.01. The van der Waals surface area contributed by atoms with E-state index in [1.165, 1.54) is 0 Å². The first kappa shape index (κ1) is 27.8.